The summed E-state index contributed by atoms with van der Waals surface area (Å²) < 4.78 is 4.60. The number of aromatic nitrogens is 3. The number of rotatable bonds is 5. The van der Waals surface area contributed by atoms with E-state index in [-0.39, 0.29) is 5.78 Å². The zero-order valence-electron chi connectivity index (χ0n) is 10.1. The maximum Gasteiger partial charge on any atom is 0.409 e. The number of aromatic amines is 1. The molecule has 0 bridgehead atoms. The second-order valence-corrected chi connectivity index (χ2v) is 3.58. The minimum Gasteiger partial charge on any atom is -0.453 e. The number of methoxy groups -OCH3 is 1. The lowest BCUT2D eigenvalue weighted by molar-refractivity contribution is -0.123. The molecule has 0 spiro atoms. The molecule has 1 atom stereocenters. The Morgan fingerprint density at radius 2 is 2.29 bits per heavy atom. The molecule has 1 aromatic rings. The lowest BCUT2D eigenvalue weighted by Crippen LogP contribution is -2.43. The van der Waals surface area contributed by atoms with Crippen LogP contribution in [0.3, 0.4) is 0 Å². The number of hydrogen-bond donors (Lipinski definition) is 1. The molecule has 17 heavy (non-hydrogen) atoms. The van der Waals surface area contributed by atoms with Crippen LogP contribution in [0.1, 0.15) is 19.0 Å². The highest BCUT2D eigenvalue weighted by Crippen LogP contribution is 2.09. The van der Waals surface area contributed by atoms with Crippen molar-refractivity contribution >= 4 is 11.9 Å². The number of carbonyl (C=O) groups is 2. The molecule has 0 radical (unpaired) electrons. The van der Waals surface area contributed by atoms with Crippen molar-refractivity contribution in [1.82, 2.24) is 20.3 Å². The molecule has 7 nitrogen and oxygen atoms in total. The maximum atomic E-state index is 11.8. The van der Waals surface area contributed by atoms with E-state index < -0.39 is 12.1 Å². The second kappa shape index (κ2) is 5.97. The van der Waals surface area contributed by atoms with Crippen LogP contribution in [0.25, 0.3) is 0 Å². The third-order valence-corrected chi connectivity index (χ3v) is 2.52. The molecule has 0 saturated carbocycles. The molecule has 1 N–H and O–H groups in total. The highest BCUT2D eigenvalue weighted by molar-refractivity contribution is 5.87. The van der Waals surface area contributed by atoms with Gasteiger partial charge in [0.1, 0.15) is 0 Å². The molecule has 0 aliphatic heterocycles. The number of H-pyrrole nitrogens is 1. The second-order valence-electron chi connectivity index (χ2n) is 3.58. The van der Waals surface area contributed by atoms with Crippen LogP contribution in [0.5, 0.6) is 0 Å². The Morgan fingerprint density at radius 3 is 2.76 bits per heavy atom. The maximum absolute atomic E-state index is 11.8. The summed E-state index contributed by atoms with van der Waals surface area (Å²) in [6, 6.07) is -0.572. The Morgan fingerprint density at radius 1 is 1.59 bits per heavy atom. The van der Waals surface area contributed by atoms with E-state index in [0.717, 1.165) is 0 Å². The van der Waals surface area contributed by atoms with Crippen LogP contribution >= 0.6 is 0 Å². The normalized spacial score (nSPS) is 11.9. The van der Waals surface area contributed by atoms with Crippen molar-refractivity contribution in [1.29, 1.82) is 0 Å². The Kier molecular flexibility index (Phi) is 4.62. The standard InChI is InChI=1S/C10H16N4O3/c1-4-9(15)8(14(2)10(16)17-3)5-7-6-11-13-12-7/h6,8H,4-5H2,1-3H3,(H,11,12,13). The highest BCUT2D eigenvalue weighted by atomic mass is 16.5. The van der Waals surface area contributed by atoms with Crippen molar-refractivity contribution in [2.75, 3.05) is 14.2 Å². The number of nitrogens with zero attached hydrogens (tertiary/aromatic N) is 3. The van der Waals surface area contributed by atoms with E-state index in [9.17, 15) is 9.59 Å². The van der Waals surface area contributed by atoms with Crippen molar-refractivity contribution in [3.05, 3.63) is 11.9 Å². The average Bonchev–Trinajstić information content (AvgIpc) is 2.86. The van der Waals surface area contributed by atoms with Gasteiger partial charge in [0.15, 0.2) is 5.78 Å². The van der Waals surface area contributed by atoms with Crippen molar-refractivity contribution in [3.8, 4) is 0 Å². The van der Waals surface area contributed by atoms with E-state index in [2.05, 4.69) is 20.1 Å². The van der Waals surface area contributed by atoms with Gasteiger partial charge in [0.05, 0.1) is 25.0 Å². The van der Waals surface area contributed by atoms with E-state index in [1.807, 2.05) is 0 Å². The van der Waals surface area contributed by atoms with Gasteiger partial charge < -0.3 is 9.64 Å². The Hall–Kier alpha value is -1.92. The number of nitrogens with one attached hydrogen (secondary N) is 1. The van der Waals surface area contributed by atoms with Crippen LogP contribution in [-0.4, -0.2) is 52.4 Å². The molecule has 1 amide bonds. The van der Waals surface area contributed by atoms with E-state index in [1.165, 1.54) is 25.3 Å². The smallest absolute Gasteiger partial charge is 0.409 e. The summed E-state index contributed by atoms with van der Waals surface area (Å²) in [6.45, 7) is 1.75. The quantitative estimate of drug-likeness (QED) is 0.804. The molecule has 1 rings (SSSR count). The summed E-state index contributed by atoms with van der Waals surface area (Å²) in [5.41, 5.74) is 0.632. The van der Waals surface area contributed by atoms with Gasteiger partial charge in [0.2, 0.25) is 0 Å². The van der Waals surface area contributed by atoms with Crippen LogP contribution in [0, 0.1) is 0 Å². The summed E-state index contributed by atoms with van der Waals surface area (Å²) >= 11 is 0. The van der Waals surface area contributed by atoms with Gasteiger partial charge in [-0.2, -0.15) is 15.4 Å². The van der Waals surface area contributed by atoms with Gasteiger partial charge in [-0.25, -0.2) is 4.79 Å². The fourth-order valence-electron chi connectivity index (χ4n) is 1.50. The third-order valence-electron chi connectivity index (χ3n) is 2.52. The Bertz CT molecular complexity index is 377. The van der Waals surface area contributed by atoms with Gasteiger partial charge in [-0.05, 0) is 0 Å². The number of ether oxygens (including phenoxy) is 1. The van der Waals surface area contributed by atoms with Gasteiger partial charge in [-0.15, -0.1) is 0 Å². The first-order chi connectivity index (χ1) is 8.10. The first kappa shape index (κ1) is 13.1. The topological polar surface area (TPSA) is 88.2 Å². The average molecular weight is 240 g/mol. The van der Waals surface area contributed by atoms with Crippen molar-refractivity contribution in [2.24, 2.45) is 0 Å². The van der Waals surface area contributed by atoms with Crippen LogP contribution in [-0.2, 0) is 16.0 Å². The van der Waals surface area contributed by atoms with Crippen molar-refractivity contribution in [2.45, 2.75) is 25.8 Å². The summed E-state index contributed by atoms with van der Waals surface area (Å²) in [4.78, 5) is 24.5. The summed E-state index contributed by atoms with van der Waals surface area (Å²) in [5.74, 6) is -0.0408. The molecule has 1 aromatic heterocycles. The first-order valence-corrected chi connectivity index (χ1v) is 5.28. The zero-order valence-corrected chi connectivity index (χ0v) is 10.1. The highest BCUT2D eigenvalue weighted by Gasteiger charge is 2.27. The van der Waals surface area contributed by atoms with Crippen LogP contribution in [0.15, 0.2) is 6.20 Å². The molecular formula is C10H16N4O3. The van der Waals surface area contributed by atoms with Crippen molar-refractivity contribution < 1.29 is 14.3 Å². The summed E-state index contributed by atoms with van der Waals surface area (Å²) in [6.07, 6.45) is 1.67. The van der Waals surface area contributed by atoms with E-state index in [4.69, 9.17) is 0 Å². The predicted octanol–water partition coefficient (Wildman–Crippen LogP) is 0.393. The number of Topliss-reactive ketones (excluding diaryl/α,β-unsaturated/α-hetero) is 1. The van der Waals surface area contributed by atoms with Gasteiger partial charge in [0.25, 0.3) is 0 Å². The molecule has 0 aromatic carbocycles. The fourth-order valence-corrected chi connectivity index (χ4v) is 1.50. The van der Waals surface area contributed by atoms with E-state index in [0.29, 0.717) is 18.5 Å². The van der Waals surface area contributed by atoms with Gasteiger partial charge >= 0.3 is 6.09 Å². The van der Waals surface area contributed by atoms with Crippen LogP contribution in [0.2, 0.25) is 0 Å². The summed E-state index contributed by atoms with van der Waals surface area (Å²) in [7, 11) is 2.81. The zero-order chi connectivity index (χ0) is 12.8. The lowest BCUT2D eigenvalue weighted by atomic mass is 10.0. The largest absolute Gasteiger partial charge is 0.453 e. The van der Waals surface area contributed by atoms with Gasteiger partial charge in [-0.3, -0.25) is 4.79 Å². The number of hydrogen-bond acceptors (Lipinski definition) is 5. The van der Waals surface area contributed by atoms with Crippen molar-refractivity contribution in [3.63, 3.8) is 0 Å². The molecule has 7 heteroatoms. The number of ketones is 1. The molecule has 1 unspecified atom stereocenters. The minimum absolute atomic E-state index is 0.0408. The van der Waals surface area contributed by atoms with E-state index in [1.54, 1.807) is 6.92 Å². The summed E-state index contributed by atoms with van der Waals surface area (Å²) in [5, 5.41) is 10.0. The number of amides is 1. The minimum atomic E-state index is -0.572. The van der Waals surface area contributed by atoms with E-state index >= 15 is 0 Å². The number of likely N-dealkylation sites (N-methyl/N-ethyl adjacent to an activating group) is 1. The molecule has 0 aliphatic carbocycles. The Balaban J connectivity index is 2.80. The predicted molar refractivity (Wildman–Crippen MR) is 59.3 cm³/mol. The SMILES string of the molecule is CCC(=O)C(Cc1cn[nH]n1)N(C)C(=O)OC. The molecule has 0 fully saturated rings. The van der Waals surface area contributed by atoms with Crippen LogP contribution < -0.4 is 0 Å². The molecule has 0 aliphatic rings. The van der Waals surface area contributed by atoms with Gasteiger partial charge in [0, 0.05) is 19.9 Å². The molecule has 94 valence electrons. The molecule has 0 saturated heterocycles. The lowest BCUT2D eigenvalue weighted by Gasteiger charge is -2.24. The molecular weight excluding hydrogens is 224 g/mol. The first-order valence-electron chi connectivity index (χ1n) is 5.28. The fraction of sp³-hybridized carbons (Fsp3) is 0.600. The van der Waals surface area contributed by atoms with Gasteiger partial charge in [-0.1, -0.05) is 6.92 Å². The molecule has 1 heterocycles. The Labute approximate surface area is 99.1 Å². The number of carbonyl (C=O) groups excluding carboxylic acids is 2. The monoisotopic (exact) mass is 240 g/mol. The third kappa shape index (κ3) is 3.27. The van der Waals surface area contributed by atoms with Crippen LogP contribution in [0.4, 0.5) is 4.79 Å².